The number of nitrogens with zero attached hydrogens (tertiary/aromatic N) is 2. The standard InChI is InChI=1S/C15H22N4O4/c1-4-11-9(3)10(5-12(20)18-16)14-15(23-7-13(21)22)17-8(2)6-19(11)14/h6,13,21-22H,4-5,7,16H2,1-3H3,(H,18,20). The van der Waals surface area contributed by atoms with Crippen molar-refractivity contribution in [1.29, 1.82) is 0 Å². The van der Waals surface area contributed by atoms with Crippen LogP contribution >= 0.6 is 0 Å². The van der Waals surface area contributed by atoms with E-state index >= 15 is 0 Å². The summed E-state index contributed by atoms with van der Waals surface area (Å²) >= 11 is 0. The molecule has 0 aliphatic carbocycles. The quantitative estimate of drug-likeness (QED) is 0.251. The number of hydrogen-bond acceptors (Lipinski definition) is 6. The van der Waals surface area contributed by atoms with Crippen molar-refractivity contribution in [2.24, 2.45) is 5.84 Å². The molecule has 8 nitrogen and oxygen atoms in total. The van der Waals surface area contributed by atoms with E-state index in [-0.39, 0.29) is 24.8 Å². The number of carbonyl (C=O) groups is 1. The highest BCUT2D eigenvalue weighted by Gasteiger charge is 2.21. The van der Waals surface area contributed by atoms with Gasteiger partial charge in [0.1, 0.15) is 12.1 Å². The first-order valence-corrected chi connectivity index (χ1v) is 7.37. The van der Waals surface area contributed by atoms with Crippen LogP contribution in [-0.4, -0.2) is 38.4 Å². The summed E-state index contributed by atoms with van der Waals surface area (Å²) in [6.07, 6.45) is 1.12. The highest BCUT2D eigenvalue weighted by atomic mass is 16.5. The number of aliphatic hydroxyl groups is 2. The highest BCUT2D eigenvalue weighted by Crippen LogP contribution is 2.30. The Morgan fingerprint density at radius 3 is 2.74 bits per heavy atom. The van der Waals surface area contributed by atoms with Crippen molar-refractivity contribution in [3.8, 4) is 5.88 Å². The van der Waals surface area contributed by atoms with Crippen LogP contribution in [0.2, 0.25) is 0 Å². The zero-order chi connectivity index (χ0) is 17.1. The number of aromatic nitrogens is 2. The number of carbonyl (C=O) groups excluding carboxylic acids is 1. The van der Waals surface area contributed by atoms with Gasteiger partial charge in [-0.1, -0.05) is 6.92 Å². The molecule has 8 heteroatoms. The van der Waals surface area contributed by atoms with Gasteiger partial charge in [-0.3, -0.25) is 10.2 Å². The molecule has 0 radical (unpaired) electrons. The van der Waals surface area contributed by atoms with Crippen LogP contribution < -0.4 is 16.0 Å². The molecule has 0 aliphatic rings. The minimum atomic E-state index is -1.60. The van der Waals surface area contributed by atoms with Crippen LogP contribution in [0.4, 0.5) is 0 Å². The lowest BCUT2D eigenvalue weighted by atomic mass is 10.1. The molecule has 2 aromatic heterocycles. The fourth-order valence-electron chi connectivity index (χ4n) is 2.73. The third kappa shape index (κ3) is 3.44. The van der Waals surface area contributed by atoms with Crippen LogP contribution in [0.15, 0.2) is 6.20 Å². The summed E-state index contributed by atoms with van der Waals surface area (Å²) in [7, 11) is 0. The minimum absolute atomic E-state index is 0.0919. The molecule has 23 heavy (non-hydrogen) atoms. The van der Waals surface area contributed by atoms with E-state index in [1.165, 1.54) is 0 Å². The second kappa shape index (κ2) is 6.95. The van der Waals surface area contributed by atoms with Crippen molar-refractivity contribution in [2.75, 3.05) is 6.61 Å². The molecule has 126 valence electrons. The van der Waals surface area contributed by atoms with Gasteiger partial charge in [-0.15, -0.1) is 0 Å². The summed E-state index contributed by atoms with van der Waals surface area (Å²) in [4.78, 5) is 16.1. The van der Waals surface area contributed by atoms with Gasteiger partial charge in [-0.25, -0.2) is 10.8 Å². The number of aryl methyl sites for hydroxylation is 2. The van der Waals surface area contributed by atoms with Crippen LogP contribution in [0.1, 0.15) is 29.4 Å². The first kappa shape index (κ1) is 17.2. The Morgan fingerprint density at radius 2 is 2.17 bits per heavy atom. The summed E-state index contributed by atoms with van der Waals surface area (Å²) < 4.78 is 7.38. The summed E-state index contributed by atoms with van der Waals surface area (Å²) in [6.45, 7) is 5.48. The number of nitrogens with one attached hydrogen (secondary N) is 1. The van der Waals surface area contributed by atoms with Crippen molar-refractivity contribution >= 4 is 11.4 Å². The van der Waals surface area contributed by atoms with Crippen LogP contribution in [-0.2, 0) is 17.6 Å². The van der Waals surface area contributed by atoms with Crippen molar-refractivity contribution < 1.29 is 19.7 Å². The normalized spacial score (nSPS) is 11.3. The topological polar surface area (TPSA) is 122 Å². The second-order valence-electron chi connectivity index (χ2n) is 5.35. The summed E-state index contributed by atoms with van der Waals surface area (Å²) in [5.41, 5.74) is 6.27. The molecule has 1 amide bonds. The molecular weight excluding hydrogens is 300 g/mol. The molecule has 2 heterocycles. The number of amides is 1. The minimum Gasteiger partial charge on any atom is -0.471 e. The largest absolute Gasteiger partial charge is 0.471 e. The first-order chi connectivity index (χ1) is 10.9. The highest BCUT2D eigenvalue weighted by molar-refractivity contribution is 5.83. The van der Waals surface area contributed by atoms with Gasteiger partial charge in [0.2, 0.25) is 11.8 Å². The van der Waals surface area contributed by atoms with E-state index in [2.05, 4.69) is 10.4 Å². The van der Waals surface area contributed by atoms with E-state index in [0.29, 0.717) is 5.52 Å². The smallest absolute Gasteiger partial charge is 0.239 e. The van der Waals surface area contributed by atoms with E-state index in [9.17, 15) is 4.79 Å². The van der Waals surface area contributed by atoms with Gasteiger partial charge >= 0.3 is 0 Å². The van der Waals surface area contributed by atoms with Gasteiger partial charge in [0, 0.05) is 11.9 Å². The molecule has 0 atom stereocenters. The van der Waals surface area contributed by atoms with Gasteiger partial charge in [-0.05, 0) is 31.4 Å². The summed E-state index contributed by atoms with van der Waals surface area (Å²) in [5, 5.41) is 18.1. The van der Waals surface area contributed by atoms with Crippen molar-refractivity contribution in [1.82, 2.24) is 14.8 Å². The molecule has 5 N–H and O–H groups in total. The van der Waals surface area contributed by atoms with Crippen molar-refractivity contribution in [2.45, 2.75) is 39.9 Å². The van der Waals surface area contributed by atoms with E-state index in [1.807, 2.05) is 31.4 Å². The average molecular weight is 322 g/mol. The number of hydrazine groups is 1. The van der Waals surface area contributed by atoms with Crippen molar-refractivity contribution in [3.63, 3.8) is 0 Å². The summed E-state index contributed by atoms with van der Waals surface area (Å²) in [5.74, 6) is 5.14. The van der Waals surface area contributed by atoms with Gasteiger partial charge in [0.15, 0.2) is 6.29 Å². The van der Waals surface area contributed by atoms with Crippen LogP contribution in [0.3, 0.4) is 0 Å². The lowest BCUT2D eigenvalue weighted by Crippen LogP contribution is -2.31. The maximum absolute atomic E-state index is 11.7. The Hall–Kier alpha value is -2.16. The number of ether oxygens (including phenoxy) is 1. The van der Waals surface area contributed by atoms with E-state index in [4.69, 9.17) is 20.8 Å². The average Bonchev–Trinajstić information content (AvgIpc) is 2.76. The fourth-order valence-corrected chi connectivity index (χ4v) is 2.73. The van der Waals surface area contributed by atoms with Crippen molar-refractivity contribution in [3.05, 3.63) is 28.7 Å². The zero-order valence-electron chi connectivity index (χ0n) is 13.5. The first-order valence-electron chi connectivity index (χ1n) is 7.37. The van der Waals surface area contributed by atoms with E-state index in [0.717, 1.165) is 28.9 Å². The molecule has 0 aromatic carbocycles. The maximum Gasteiger partial charge on any atom is 0.239 e. The molecule has 0 unspecified atom stereocenters. The van der Waals surface area contributed by atoms with Gasteiger partial charge in [0.25, 0.3) is 0 Å². The second-order valence-corrected chi connectivity index (χ2v) is 5.35. The Labute approximate surface area is 133 Å². The summed E-state index contributed by atoms with van der Waals surface area (Å²) in [6, 6.07) is 0. The molecule has 0 saturated carbocycles. The number of aliphatic hydroxyl groups excluding tert-OH is 1. The molecular formula is C15H22N4O4. The Kier molecular flexibility index (Phi) is 5.19. The maximum atomic E-state index is 11.7. The molecule has 2 rings (SSSR count). The molecule has 0 aliphatic heterocycles. The van der Waals surface area contributed by atoms with Gasteiger partial charge < -0.3 is 19.4 Å². The van der Waals surface area contributed by atoms with Gasteiger partial charge in [0.05, 0.1) is 12.1 Å². The Bertz CT molecular complexity index is 724. The van der Waals surface area contributed by atoms with Gasteiger partial charge in [-0.2, -0.15) is 0 Å². The molecule has 0 bridgehead atoms. The monoisotopic (exact) mass is 322 g/mol. The zero-order valence-corrected chi connectivity index (χ0v) is 13.5. The van der Waals surface area contributed by atoms with Crippen LogP contribution in [0.25, 0.3) is 5.52 Å². The van der Waals surface area contributed by atoms with E-state index < -0.39 is 6.29 Å². The predicted molar refractivity (Wildman–Crippen MR) is 83.8 cm³/mol. The van der Waals surface area contributed by atoms with Crippen LogP contribution in [0, 0.1) is 13.8 Å². The Morgan fingerprint density at radius 1 is 1.48 bits per heavy atom. The number of fused-ring (bicyclic) bond motifs is 1. The lowest BCUT2D eigenvalue weighted by Gasteiger charge is -2.11. The number of rotatable bonds is 6. The lowest BCUT2D eigenvalue weighted by molar-refractivity contribution is -0.120. The molecule has 0 saturated heterocycles. The molecule has 0 fully saturated rings. The Balaban J connectivity index is 2.67. The predicted octanol–water partition coefficient (Wildman–Crippen LogP) is -0.265. The van der Waals surface area contributed by atoms with E-state index in [1.54, 1.807) is 0 Å². The number of hydrogen-bond donors (Lipinski definition) is 4. The fraction of sp³-hybridized carbons (Fsp3) is 0.467. The molecule has 0 spiro atoms. The SMILES string of the molecule is CCc1c(C)c(CC(=O)NN)c2c(OCC(O)O)nc(C)cn12. The third-order valence-electron chi connectivity index (χ3n) is 3.70. The molecule has 2 aromatic rings. The van der Waals surface area contributed by atoms with Crippen LogP contribution in [0.5, 0.6) is 5.88 Å². The number of nitrogens with two attached hydrogens (primary N) is 1. The third-order valence-corrected chi connectivity index (χ3v) is 3.70.